The molecule has 3 nitrogen and oxygen atoms in total. The minimum absolute atomic E-state index is 0.383. The number of aldehydes is 1. The molecule has 0 N–H and O–H groups in total. The Hall–Kier alpha value is -2.94. The molecule has 0 aliphatic carbocycles. The van der Waals surface area contributed by atoms with Crippen LogP contribution in [-0.4, -0.2) is 17.9 Å². The van der Waals surface area contributed by atoms with Gasteiger partial charge in [-0.3, -0.25) is 4.79 Å². The number of hydrogen-bond acceptors (Lipinski definition) is 3. The van der Waals surface area contributed by atoms with Crippen LogP contribution in [-0.2, 0) is 6.42 Å². The monoisotopic (exact) mass is 303 g/mol. The second kappa shape index (κ2) is 6.88. The summed E-state index contributed by atoms with van der Waals surface area (Å²) >= 11 is 0. The summed E-state index contributed by atoms with van der Waals surface area (Å²) in [5, 5.41) is 0.917. The second-order valence-corrected chi connectivity index (χ2v) is 5.22. The van der Waals surface area contributed by atoms with Crippen LogP contribution >= 0.6 is 0 Å². The number of aromatic nitrogens is 1. The van der Waals surface area contributed by atoms with Gasteiger partial charge in [0.15, 0.2) is 6.29 Å². The van der Waals surface area contributed by atoms with E-state index in [4.69, 9.17) is 4.74 Å². The molecule has 3 aromatic rings. The zero-order chi connectivity index (χ0) is 16.1. The highest BCUT2D eigenvalue weighted by atomic mass is 16.5. The summed E-state index contributed by atoms with van der Waals surface area (Å²) in [6.07, 6.45) is 3.36. The van der Waals surface area contributed by atoms with Crippen molar-refractivity contribution in [2.75, 3.05) is 6.61 Å². The standard InChI is InChI=1S/C20H17NO2/c1-2-15-7-9-16(10-8-15)11-12-23-20-13-17(14-22)21-19-6-4-3-5-18(19)20/h2-10,13-14H,1,11-12H2. The molecule has 1 aromatic heterocycles. The first-order chi connectivity index (χ1) is 11.3. The Morgan fingerprint density at radius 3 is 2.61 bits per heavy atom. The molecule has 3 rings (SSSR count). The smallest absolute Gasteiger partial charge is 0.168 e. The Kier molecular flexibility index (Phi) is 4.48. The fourth-order valence-electron chi connectivity index (χ4n) is 2.44. The number of fused-ring (bicyclic) bond motifs is 1. The Balaban J connectivity index is 1.75. The van der Waals surface area contributed by atoms with Crippen LogP contribution in [0.5, 0.6) is 5.75 Å². The molecule has 0 unspecified atom stereocenters. The summed E-state index contributed by atoms with van der Waals surface area (Å²) in [6, 6.07) is 17.6. The van der Waals surface area contributed by atoms with Crippen molar-refractivity contribution in [3.8, 4) is 5.75 Å². The van der Waals surface area contributed by atoms with Crippen LogP contribution in [0.3, 0.4) is 0 Å². The van der Waals surface area contributed by atoms with Gasteiger partial charge < -0.3 is 4.74 Å². The van der Waals surface area contributed by atoms with Gasteiger partial charge in [-0.1, -0.05) is 49.1 Å². The van der Waals surface area contributed by atoms with E-state index >= 15 is 0 Å². The van der Waals surface area contributed by atoms with Crippen LogP contribution in [0.25, 0.3) is 17.0 Å². The molecule has 0 fully saturated rings. The van der Waals surface area contributed by atoms with Crippen LogP contribution in [0.1, 0.15) is 21.6 Å². The molecule has 0 aliphatic rings. The molecule has 0 aliphatic heterocycles. The summed E-state index contributed by atoms with van der Waals surface area (Å²) in [5.41, 5.74) is 3.45. The fraction of sp³-hybridized carbons (Fsp3) is 0.100. The lowest BCUT2D eigenvalue weighted by Crippen LogP contribution is -2.03. The normalized spacial score (nSPS) is 10.4. The number of para-hydroxylation sites is 1. The summed E-state index contributed by atoms with van der Waals surface area (Å²) in [4.78, 5) is 15.3. The minimum atomic E-state index is 0.383. The summed E-state index contributed by atoms with van der Waals surface area (Å²) < 4.78 is 5.90. The van der Waals surface area contributed by atoms with Crippen LogP contribution in [0.4, 0.5) is 0 Å². The molecule has 0 spiro atoms. The number of rotatable bonds is 6. The zero-order valence-electron chi connectivity index (χ0n) is 12.7. The molecule has 114 valence electrons. The van der Waals surface area contributed by atoms with Gasteiger partial charge in [0.1, 0.15) is 11.4 Å². The first kappa shape index (κ1) is 15.0. The van der Waals surface area contributed by atoms with Gasteiger partial charge in [0.25, 0.3) is 0 Å². The van der Waals surface area contributed by atoms with Gasteiger partial charge in [-0.25, -0.2) is 4.98 Å². The van der Waals surface area contributed by atoms with Crippen molar-refractivity contribution in [2.24, 2.45) is 0 Å². The van der Waals surface area contributed by atoms with E-state index in [2.05, 4.69) is 23.7 Å². The van der Waals surface area contributed by atoms with Gasteiger partial charge >= 0.3 is 0 Å². The zero-order valence-corrected chi connectivity index (χ0v) is 12.7. The van der Waals surface area contributed by atoms with Gasteiger partial charge in [-0.05, 0) is 23.3 Å². The number of hydrogen-bond donors (Lipinski definition) is 0. The Bertz CT molecular complexity index is 838. The van der Waals surface area contributed by atoms with Crippen molar-refractivity contribution in [1.29, 1.82) is 0 Å². The molecule has 3 heteroatoms. The summed E-state index contributed by atoms with van der Waals surface area (Å²) in [5.74, 6) is 0.695. The highest BCUT2D eigenvalue weighted by Crippen LogP contribution is 2.25. The first-order valence-corrected chi connectivity index (χ1v) is 7.49. The van der Waals surface area contributed by atoms with Crippen molar-refractivity contribution in [2.45, 2.75) is 6.42 Å². The molecular formula is C20H17NO2. The van der Waals surface area contributed by atoms with Gasteiger partial charge in [-0.2, -0.15) is 0 Å². The molecule has 2 aromatic carbocycles. The highest BCUT2D eigenvalue weighted by molar-refractivity contribution is 5.88. The summed E-state index contributed by atoms with van der Waals surface area (Å²) in [6.45, 7) is 4.29. The minimum Gasteiger partial charge on any atom is -0.492 e. The topological polar surface area (TPSA) is 39.2 Å². The van der Waals surface area contributed by atoms with E-state index in [0.29, 0.717) is 18.1 Å². The molecule has 0 saturated carbocycles. The Labute approximate surface area is 135 Å². The number of pyridine rings is 1. The van der Waals surface area contributed by atoms with Crippen molar-refractivity contribution in [1.82, 2.24) is 4.98 Å². The van der Waals surface area contributed by atoms with Gasteiger partial charge in [0, 0.05) is 17.9 Å². The Morgan fingerprint density at radius 1 is 1.09 bits per heavy atom. The number of ether oxygens (including phenoxy) is 1. The predicted molar refractivity (Wildman–Crippen MR) is 92.9 cm³/mol. The SMILES string of the molecule is C=Cc1ccc(CCOc2cc(C=O)nc3ccccc23)cc1. The lowest BCUT2D eigenvalue weighted by atomic mass is 10.1. The maximum atomic E-state index is 11.0. The lowest BCUT2D eigenvalue weighted by molar-refractivity contribution is 0.111. The molecule has 0 saturated heterocycles. The lowest BCUT2D eigenvalue weighted by Gasteiger charge is -2.10. The van der Waals surface area contributed by atoms with Crippen LogP contribution < -0.4 is 4.74 Å². The maximum absolute atomic E-state index is 11.0. The number of benzene rings is 2. The van der Waals surface area contributed by atoms with Gasteiger partial charge in [0.05, 0.1) is 12.1 Å². The molecule has 0 atom stereocenters. The largest absolute Gasteiger partial charge is 0.492 e. The predicted octanol–water partition coefficient (Wildman–Crippen LogP) is 4.31. The maximum Gasteiger partial charge on any atom is 0.168 e. The highest BCUT2D eigenvalue weighted by Gasteiger charge is 2.06. The van der Waals surface area contributed by atoms with Crippen LogP contribution in [0.2, 0.25) is 0 Å². The van der Waals surface area contributed by atoms with E-state index in [0.717, 1.165) is 29.2 Å². The van der Waals surface area contributed by atoms with E-state index in [1.54, 1.807) is 6.07 Å². The first-order valence-electron chi connectivity index (χ1n) is 7.49. The number of carbonyl (C=O) groups is 1. The third-order valence-corrected chi connectivity index (χ3v) is 3.68. The van der Waals surface area contributed by atoms with Crippen molar-refractivity contribution < 1.29 is 9.53 Å². The number of nitrogens with zero attached hydrogens (tertiary/aromatic N) is 1. The van der Waals surface area contributed by atoms with Gasteiger partial charge in [0.2, 0.25) is 0 Å². The third kappa shape index (κ3) is 3.46. The van der Waals surface area contributed by atoms with E-state index < -0.39 is 0 Å². The molecular weight excluding hydrogens is 286 g/mol. The van der Waals surface area contributed by atoms with E-state index in [1.165, 1.54) is 5.56 Å². The molecule has 1 heterocycles. The molecule has 23 heavy (non-hydrogen) atoms. The quantitative estimate of drug-likeness (QED) is 0.637. The van der Waals surface area contributed by atoms with E-state index in [9.17, 15) is 4.79 Å². The molecule has 0 bridgehead atoms. The van der Waals surface area contributed by atoms with Crippen molar-refractivity contribution in [3.05, 3.63) is 78.0 Å². The van der Waals surface area contributed by atoms with Gasteiger partial charge in [-0.15, -0.1) is 0 Å². The Morgan fingerprint density at radius 2 is 1.87 bits per heavy atom. The van der Waals surface area contributed by atoms with E-state index in [-0.39, 0.29) is 0 Å². The average Bonchev–Trinajstić information content (AvgIpc) is 2.62. The summed E-state index contributed by atoms with van der Waals surface area (Å²) in [7, 11) is 0. The third-order valence-electron chi connectivity index (χ3n) is 3.68. The number of carbonyl (C=O) groups excluding carboxylic acids is 1. The average molecular weight is 303 g/mol. The van der Waals surface area contributed by atoms with Crippen LogP contribution in [0.15, 0.2) is 61.2 Å². The van der Waals surface area contributed by atoms with Crippen molar-refractivity contribution in [3.63, 3.8) is 0 Å². The molecule has 0 radical (unpaired) electrons. The van der Waals surface area contributed by atoms with Crippen molar-refractivity contribution >= 4 is 23.3 Å². The molecule has 0 amide bonds. The second-order valence-electron chi connectivity index (χ2n) is 5.22. The van der Waals surface area contributed by atoms with E-state index in [1.807, 2.05) is 42.5 Å². The van der Waals surface area contributed by atoms with Crippen LogP contribution in [0, 0.1) is 0 Å². The fourth-order valence-corrected chi connectivity index (χ4v) is 2.44.